The van der Waals surface area contributed by atoms with Crippen LogP contribution in [0.5, 0.6) is 0 Å². The maximum Gasteiger partial charge on any atom is 0.246 e. The summed E-state index contributed by atoms with van der Waals surface area (Å²) in [6.07, 6.45) is 3.79. The Balaban J connectivity index is 1.96. The summed E-state index contributed by atoms with van der Waals surface area (Å²) in [5.41, 5.74) is 2.30. The molecule has 1 N–H and O–H groups in total. The summed E-state index contributed by atoms with van der Waals surface area (Å²) < 4.78 is 0. The highest BCUT2D eigenvalue weighted by Gasteiger charge is 2.16. The summed E-state index contributed by atoms with van der Waals surface area (Å²) in [4.78, 5) is 25.1. The Morgan fingerprint density at radius 2 is 1.95 bits per heavy atom. The fourth-order valence-corrected chi connectivity index (χ4v) is 2.25. The van der Waals surface area contributed by atoms with Crippen molar-refractivity contribution in [3.8, 4) is 0 Å². The van der Waals surface area contributed by atoms with Gasteiger partial charge in [0.25, 0.3) is 0 Å². The molecule has 112 valence electrons. The molecule has 1 aliphatic rings. The SMILES string of the molecule is CC(C)c1ccc(C=CC(=O)N2CCNC(=O)CC2)cc1. The van der Waals surface area contributed by atoms with Gasteiger partial charge in [0, 0.05) is 32.1 Å². The normalized spacial score (nSPS) is 16.1. The van der Waals surface area contributed by atoms with E-state index >= 15 is 0 Å². The van der Waals surface area contributed by atoms with E-state index in [1.54, 1.807) is 11.0 Å². The van der Waals surface area contributed by atoms with Gasteiger partial charge in [-0.05, 0) is 23.1 Å². The lowest BCUT2D eigenvalue weighted by atomic mass is 10.0. The van der Waals surface area contributed by atoms with Gasteiger partial charge < -0.3 is 10.2 Å². The summed E-state index contributed by atoms with van der Waals surface area (Å²) in [5.74, 6) is 0.477. The summed E-state index contributed by atoms with van der Waals surface area (Å²) >= 11 is 0. The first kappa shape index (κ1) is 15.3. The molecular formula is C17H22N2O2. The molecule has 0 atom stereocenters. The lowest BCUT2D eigenvalue weighted by Crippen LogP contribution is -2.32. The molecule has 4 heteroatoms. The lowest BCUT2D eigenvalue weighted by Gasteiger charge is -2.17. The van der Waals surface area contributed by atoms with E-state index in [1.807, 2.05) is 18.2 Å². The van der Waals surface area contributed by atoms with Crippen LogP contribution in [0, 0.1) is 0 Å². The minimum atomic E-state index is -0.0422. The zero-order chi connectivity index (χ0) is 15.2. The second-order valence-corrected chi connectivity index (χ2v) is 5.58. The Morgan fingerprint density at radius 1 is 1.24 bits per heavy atom. The van der Waals surface area contributed by atoms with Gasteiger partial charge in [-0.2, -0.15) is 0 Å². The molecule has 0 saturated carbocycles. The van der Waals surface area contributed by atoms with E-state index in [1.165, 1.54) is 5.56 Å². The van der Waals surface area contributed by atoms with Crippen LogP contribution in [-0.4, -0.2) is 36.3 Å². The van der Waals surface area contributed by atoms with Gasteiger partial charge in [-0.15, -0.1) is 0 Å². The van der Waals surface area contributed by atoms with Crippen LogP contribution < -0.4 is 5.32 Å². The Bertz CT molecular complexity index is 532. The van der Waals surface area contributed by atoms with Crippen molar-refractivity contribution in [2.24, 2.45) is 0 Å². The lowest BCUT2D eigenvalue weighted by molar-refractivity contribution is -0.125. The van der Waals surface area contributed by atoms with Crippen LogP contribution >= 0.6 is 0 Å². The number of hydrogen-bond donors (Lipinski definition) is 1. The molecule has 4 nitrogen and oxygen atoms in total. The Kier molecular flexibility index (Phi) is 5.14. The second-order valence-electron chi connectivity index (χ2n) is 5.58. The molecule has 1 aromatic rings. The van der Waals surface area contributed by atoms with Crippen molar-refractivity contribution in [2.75, 3.05) is 19.6 Å². The van der Waals surface area contributed by atoms with E-state index in [2.05, 4.69) is 31.3 Å². The van der Waals surface area contributed by atoms with E-state index in [9.17, 15) is 9.59 Å². The fraction of sp³-hybridized carbons (Fsp3) is 0.412. The quantitative estimate of drug-likeness (QED) is 0.866. The number of rotatable bonds is 3. The van der Waals surface area contributed by atoms with Crippen LogP contribution in [0.2, 0.25) is 0 Å². The largest absolute Gasteiger partial charge is 0.354 e. The van der Waals surface area contributed by atoms with Gasteiger partial charge >= 0.3 is 0 Å². The third-order valence-electron chi connectivity index (χ3n) is 3.65. The van der Waals surface area contributed by atoms with Crippen molar-refractivity contribution in [3.63, 3.8) is 0 Å². The molecule has 1 heterocycles. The van der Waals surface area contributed by atoms with Gasteiger partial charge in [0.15, 0.2) is 0 Å². The zero-order valence-corrected chi connectivity index (χ0v) is 12.6. The summed E-state index contributed by atoms with van der Waals surface area (Å²) in [5, 5.41) is 2.76. The van der Waals surface area contributed by atoms with Gasteiger partial charge in [0.1, 0.15) is 0 Å². The first-order valence-electron chi connectivity index (χ1n) is 7.40. The van der Waals surface area contributed by atoms with Crippen LogP contribution in [0.3, 0.4) is 0 Å². The average molecular weight is 286 g/mol. The van der Waals surface area contributed by atoms with Crippen molar-refractivity contribution in [1.82, 2.24) is 10.2 Å². The minimum absolute atomic E-state index is 0.0125. The highest BCUT2D eigenvalue weighted by atomic mass is 16.2. The molecule has 0 spiro atoms. The van der Waals surface area contributed by atoms with Crippen LogP contribution in [0.4, 0.5) is 0 Å². The van der Waals surface area contributed by atoms with E-state index in [4.69, 9.17) is 0 Å². The van der Waals surface area contributed by atoms with Crippen molar-refractivity contribution in [3.05, 3.63) is 41.5 Å². The standard InChI is InChI=1S/C17H22N2O2/c1-13(2)15-6-3-14(4-7-15)5-8-17(21)19-11-9-16(20)18-10-12-19/h3-8,13H,9-12H2,1-2H3,(H,18,20). The van der Waals surface area contributed by atoms with E-state index in [0.717, 1.165) is 5.56 Å². The minimum Gasteiger partial charge on any atom is -0.354 e. The predicted molar refractivity (Wildman–Crippen MR) is 83.8 cm³/mol. The van der Waals surface area contributed by atoms with E-state index < -0.39 is 0 Å². The van der Waals surface area contributed by atoms with Gasteiger partial charge in [-0.1, -0.05) is 38.1 Å². The molecule has 1 fully saturated rings. The van der Waals surface area contributed by atoms with Gasteiger partial charge in [0.2, 0.25) is 11.8 Å². The Morgan fingerprint density at radius 3 is 2.62 bits per heavy atom. The highest BCUT2D eigenvalue weighted by Crippen LogP contribution is 2.15. The van der Waals surface area contributed by atoms with Crippen LogP contribution in [0.1, 0.15) is 37.3 Å². The first-order valence-corrected chi connectivity index (χ1v) is 7.40. The number of benzene rings is 1. The summed E-state index contributed by atoms with van der Waals surface area (Å²) in [6, 6.07) is 8.21. The maximum atomic E-state index is 12.1. The third-order valence-corrected chi connectivity index (χ3v) is 3.65. The monoisotopic (exact) mass is 286 g/mol. The number of carbonyl (C=O) groups is 2. The number of carbonyl (C=O) groups excluding carboxylic acids is 2. The first-order chi connectivity index (χ1) is 10.1. The van der Waals surface area contributed by atoms with Crippen LogP contribution in [0.15, 0.2) is 30.3 Å². The Hall–Kier alpha value is -2.10. The molecule has 0 aliphatic carbocycles. The van der Waals surface area contributed by atoms with Gasteiger partial charge in [-0.25, -0.2) is 0 Å². The van der Waals surface area contributed by atoms with Gasteiger partial charge in [0.05, 0.1) is 0 Å². The van der Waals surface area contributed by atoms with Crippen LogP contribution in [0.25, 0.3) is 6.08 Å². The van der Waals surface area contributed by atoms with E-state index in [-0.39, 0.29) is 11.8 Å². The molecule has 0 unspecified atom stereocenters. The molecule has 0 radical (unpaired) electrons. The zero-order valence-electron chi connectivity index (χ0n) is 12.6. The number of hydrogen-bond acceptors (Lipinski definition) is 2. The molecule has 0 bridgehead atoms. The Labute approximate surface area is 125 Å². The fourth-order valence-electron chi connectivity index (χ4n) is 2.25. The molecular weight excluding hydrogens is 264 g/mol. The average Bonchev–Trinajstić information content (AvgIpc) is 2.70. The van der Waals surface area contributed by atoms with Crippen molar-refractivity contribution in [1.29, 1.82) is 0 Å². The van der Waals surface area contributed by atoms with E-state index in [0.29, 0.717) is 32.0 Å². The molecule has 1 aromatic carbocycles. The van der Waals surface area contributed by atoms with Gasteiger partial charge in [-0.3, -0.25) is 9.59 Å². The number of amides is 2. The van der Waals surface area contributed by atoms with Crippen LogP contribution in [-0.2, 0) is 9.59 Å². The third kappa shape index (κ3) is 4.45. The smallest absolute Gasteiger partial charge is 0.246 e. The van der Waals surface area contributed by atoms with Crippen molar-refractivity contribution in [2.45, 2.75) is 26.2 Å². The van der Waals surface area contributed by atoms with Crippen molar-refractivity contribution >= 4 is 17.9 Å². The summed E-state index contributed by atoms with van der Waals surface area (Å²) in [6.45, 7) is 5.90. The van der Waals surface area contributed by atoms with Crippen molar-refractivity contribution < 1.29 is 9.59 Å². The molecule has 0 aromatic heterocycles. The summed E-state index contributed by atoms with van der Waals surface area (Å²) in [7, 11) is 0. The molecule has 2 amide bonds. The molecule has 1 saturated heterocycles. The molecule has 2 rings (SSSR count). The maximum absolute atomic E-state index is 12.1. The molecule has 1 aliphatic heterocycles. The topological polar surface area (TPSA) is 49.4 Å². The number of nitrogens with zero attached hydrogens (tertiary/aromatic N) is 1. The number of nitrogens with one attached hydrogen (secondary N) is 1. The molecule has 21 heavy (non-hydrogen) atoms. The second kappa shape index (κ2) is 7.07. The predicted octanol–water partition coefficient (Wildman–Crippen LogP) is 2.17. The highest BCUT2D eigenvalue weighted by molar-refractivity contribution is 5.92.